The molecule has 0 aromatic heterocycles. The van der Waals surface area contributed by atoms with E-state index in [1.807, 2.05) is 36.4 Å². The van der Waals surface area contributed by atoms with E-state index in [2.05, 4.69) is 45.0 Å². The monoisotopic (exact) mass is 382 g/mol. The Morgan fingerprint density at radius 3 is 1.96 bits per heavy atom. The topological polar surface area (TPSA) is 55.6 Å². The molecule has 1 aliphatic rings. The van der Waals surface area contributed by atoms with Crippen molar-refractivity contribution in [2.24, 2.45) is 5.73 Å². The molecule has 3 rings (SSSR count). The second-order valence-electron chi connectivity index (χ2n) is 8.30. The molecule has 1 heterocycles. The second kappa shape index (κ2) is 7.96. The summed E-state index contributed by atoms with van der Waals surface area (Å²) < 4.78 is 6.82. The fourth-order valence-corrected chi connectivity index (χ4v) is 8.30. The van der Waals surface area contributed by atoms with Gasteiger partial charge in [0.2, 0.25) is 0 Å². The summed E-state index contributed by atoms with van der Waals surface area (Å²) >= 11 is 0. The maximum absolute atomic E-state index is 12.9. The van der Waals surface area contributed by atoms with E-state index in [9.17, 15) is 4.79 Å². The van der Waals surface area contributed by atoms with Gasteiger partial charge in [-0.3, -0.25) is 4.79 Å². The molecular formula is C22H30N2O2Si. The number of nitrogens with two attached hydrogens (primary N) is 1. The normalized spacial score (nSPS) is 19.0. The number of nitrogens with zero attached hydrogens (tertiary/aromatic N) is 1. The highest BCUT2D eigenvalue weighted by Gasteiger charge is 2.53. The first kappa shape index (κ1) is 19.8. The predicted octanol–water partition coefficient (Wildman–Crippen LogP) is 2.82. The highest BCUT2D eigenvalue weighted by molar-refractivity contribution is 6.99. The van der Waals surface area contributed by atoms with E-state index < -0.39 is 14.4 Å². The Bertz CT molecular complexity index is 719. The van der Waals surface area contributed by atoms with Crippen molar-refractivity contribution >= 4 is 24.6 Å². The largest absolute Gasteiger partial charge is 0.320 e. The average molecular weight is 383 g/mol. The molecular weight excluding hydrogens is 352 g/mol. The summed E-state index contributed by atoms with van der Waals surface area (Å²) in [4.78, 5) is 12.9. The van der Waals surface area contributed by atoms with Crippen LogP contribution in [-0.4, -0.2) is 31.9 Å². The molecule has 0 radical (unpaired) electrons. The summed E-state index contributed by atoms with van der Waals surface area (Å²) in [5.74, 6) is -0.0968. The molecule has 0 bridgehead atoms. The molecule has 2 N–H and O–H groups in total. The molecule has 0 unspecified atom stereocenters. The van der Waals surface area contributed by atoms with Gasteiger partial charge in [-0.1, -0.05) is 81.4 Å². The number of amides is 1. The van der Waals surface area contributed by atoms with E-state index in [-0.39, 0.29) is 10.9 Å². The summed E-state index contributed by atoms with van der Waals surface area (Å²) in [5.41, 5.74) is 6.12. The zero-order valence-electron chi connectivity index (χ0n) is 16.5. The maximum Gasteiger partial charge on any atom is 0.296 e. The molecule has 1 saturated heterocycles. The predicted molar refractivity (Wildman–Crippen MR) is 112 cm³/mol. The second-order valence-corrected chi connectivity index (χ2v) is 12.5. The lowest BCUT2D eigenvalue weighted by Gasteiger charge is -2.45. The van der Waals surface area contributed by atoms with E-state index in [0.29, 0.717) is 6.54 Å². The average Bonchev–Trinajstić information content (AvgIpc) is 2.82. The van der Waals surface area contributed by atoms with Crippen molar-refractivity contribution in [2.45, 2.75) is 51.1 Å². The van der Waals surface area contributed by atoms with Crippen molar-refractivity contribution in [3.05, 3.63) is 60.7 Å². The van der Waals surface area contributed by atoms with E-state index in [0.717, 1.165) is 29.6 Å². The molecule has 144 valence electrons. The summed E-state index contributed by atoms with van der Waals surface area (Å²) in [6, 6.07) is 20.3. The standard InChI is InChI=1S/C22H30N2O2Si/c1-22(2,3)27(18-12-6-4-7-13-18,19-14-8-5-9-15-19)26-24-17-11-10-16-20(23)21(24)25/h4-9,12-15,20H,10-11,16-17,23H2,1-3H3/t20-/m0/s1. The Kier molecular flexibility index (Phi) is 5.84. The van der Waals surface area contributed by atoms with Crippen LogP contribution >= 0.6 is 0 Å². The fraction of sp³-hybridized carbons (Fsp3) is 0.409. The molecule has 0 saturated carbocycles. The molecule has 0 aliphatic carbocycles. The van der Waals surface area contributed by atoms with Crippen LogP contribution in [0.5, 0.6) is 0 Å². The minimum Gasteiger partial charge on any atom is -0.320 e. The van der Waals surface area contributed by atoms with Crippen molar-refractivity contribution < 1.29 is 9.32 Å². The Morgan fingerprint density at radius 1 is 0.963 bits per heavy atom. The van der Waals surface area contributed by atoms with Gasteiger partial charge in [0.1, 0.15) is 0 Å². The summed E-state index contributed by atoms with van der Waals surface area (Å²) in [7, 11) is -2.78. The molecule has 4 nitrogen and oxygen atoms in total. The van der Waals surface area contributed by atoms with Gasteiger partial charge in [-0.15, -0.1) is 0 Å². The van der Waals surface area contributed by atoms with Crippen LogP contribution in [0.3, 0.4) is 0 Å². The van der Waals surface area contributed by atoms with Gasteiger partial charge >= 0.3 is 0 Å². The SMILES string of the molecule is CC(C)(C)[Si](ON1CCCC[C@H](N)C1=O)(c1ccccc1)c1ccccc1. The van der Waals surface area contributed by atoms with Crippen LogP contribution in [0.1, 0.15) is 40.0 Å². The van der Waals surface area contributed by atoms with Crippen LogP contribution in [0.4, 0.5) is 0 Å². The van der Waals surface area contributed by atoms with Crippen LogP contribution in [0.15, 0.2) is 60.7 Å². The zero-order valence-corrected chi connectivity index (χ0v) is 17.5. The Labute approximate surface area is 163 Å². The van der Waals surface area contributed by atoms with E-state index in [4.69, 9.17) is 10.3 Å². The van der Waals surface area contributed by atoms with Crippen molar-refractivity contribution in [2.75, 3.05) is 6.54 Å². The lowest BCUT2D eigenvalue weighted by molar-refractivity contribution is -0.160. The van der Waals surface area contributed by atoms with Crippen molar-refractivity contribution in [1.82, 2.24) is 5.06 Å². The summed E-state index contributed by atoms with van der Waals surface area (Å²) in [5, 5.41) is 3.73. The number of hydrogen-bond acceptors (Lipinski definition) is 3. The molecule has 1 atom stereocenters. The molecule has 5 heteroatoms. The van der Waals surface area contributed by atoms with E-state index in [1.165, 1.54) is 0 Å². The zero-order chi connectivity index (χ0) is 19.5. The fourth-order valence-electron chi connectivity index (χ4n) is 3.91. The number of carbonyl (C=O) groups excluding carboxylic acids is 1. The van der Waals surface area contributed by atoms with Crippen LogP contribution < -0.4 is 16.1 Å². The van der Waals surface area contributed by atoms with Gasteiger partial charge in [-0.2, -0.15) is 0 Å². The van der Waals surface area contributed by atoms with Gasteiger partial charge in [0.25, 0.3) is 14.2 Å². The van der Waals surface area contributed by atoms with Gasteiger partial charge in [0, 0.05) is 6.54 Å². The van der Waals surface area contributed by atoms with Gasteiger partial charge in [-0.25, -0.2) is 5.06 Å². The number of hydrogen-bond donors (Lipinski definition) is 1. The Morgan fingerprint density at radius 2 is 1.48 bits per heavy atom. The number of benzene rings is 2. The Hall–Kier alpha value is -1.95. The van der Waals surface area contributed by atoms with Crippen LogP contribution in [0, 0.1) is 0 Å². The highest BCUT2D eigenvalue weighted by Crippen LogP contribution is 2.37. The molecule has 27 heavy (non-hydrogen) atoms. The van der Waals surface area contributed by atoms with Gasteiger partial charge < -0.3 is 10.3 Å². The number of hydroxylamine groups is 2. The lowest BCUT2D eigenvalue weighted by Crippen LogP contribution is -2.69. The third kappa shape index (κ3) is 3.86. The highest BCUT2D eigenvalue weighted by atomic mass is 28.4. The summed E-state index contributed by atoms with van der Waals surface area (Å²) in [6.07, 6.45) is 2.59. The van der Waals surface area contributed by atoms with E-state index >= 15 is 0 Å². The molecule has 2 aromatic rings. The summed E-state index contributed by atoms with van der Waals surface area (Å²) in [6.45, 7) is 7.22. The van der Waals surface area contributed by atoms with E-state index in [1.54, 1.807) is 5.06 Å². The molecule has 0 spiro atoms. The van der Waals surface area contributed by atoms with Gasteiger partial charge in [0.15, 0.2) is 0 Å². The van der Waals surface area contributed by atoms with Crippen molar-refractivity contribution in [3.63, 3.8) is 0 Å². The lowest BCUT2D eigenvalue weighted by atomic mass is 10.1. The first-order valence-electron chi connectivity index (χ1n) is 9.73. The minimum atomic E-state index is -2.78. The van der Waals surface area contributed by atoms with Crippen molar-refractivity contribution in [1.29, 1.82) is 0 Å². The molecule has 1 aliphatic heterocycles. The third-order valence-corrected chi connectivity index (χ3v) is 10.3. The Balaban J connectivity index is 2.16. The third-order valence-electron chi connectivity index (χ3n) is 5.35. The number of rotatable bonds is 4. The first-order chi connectivity index (χ1) is 12.9. The number of carbonyl (C=O) groups is 1. The van der Waals surface area contributed by atoms with Crippen molar-refractivity contribution in [3.8, 4) is 0 Å². The van der Waals surface area contributed by atoms with Gasteiger partial charge in [0.05, 0.1) is 6.04 Å². The van der Waals surface area contributed by atoms with Crippen LogP contribution in [0.2, 0.25) is 5.04 Å². The molecule has 2 aromatic carbocycles. The maximum atomic E-state index is 12.9. The molecule has 1 fully saturated rings. The van der Waals surface area contributed by atoms with Crippen LogP contribution in [-0.2, 0) is 9.32 Å². The molecule has 1 amide bonds. The quantitative estimate of drug-likeness (QED) is 0.828. The first-order valence-corrected chi connectivity index (χ1v) is 11.6. The van der Waals surface area contributed by atoms with Gasteiger partial charge in [-0.05, 0) is 34.7 Å². The van der Waals surface area contributed by atoms with Crippen LogP contribution in [0.25, 0.3) is 0 Å². The smallest absolute Gasteiger partial charge is 0.296 e. The minimum absolute atomic E-state index is 0.0968.